The third-order valence-electron chi connectivity index (χ3n) is 6.72. The molecule has 2 N–H and O–H groups in total. The number of fused-ring (bicyclic) bond motifs is 3. The van der Waals surface area contributed by atoms with Crippen LogP contribution in [-0.4, -0.2) is 39.8 Å². The lowest BCUT2D eigenvalue weighted by Gasteiger charge is -2.34. The molecule has 0 saturated heterocycles. The number of carboxylic acids is 1. The van der Waals surface area contributed by atoms with Crippen molar-refractivity contribution in [2.45, 2.75) is 46.6 Å². The van der Waals surface area contributed by atoms with Crippen molar-refractivity contribution >= 4 is 45.6 Å². The number of hydrogen-bond acceptors (Lipinski definition) is 3. The van der Waals surface area contributed by atoms with Crippen molar-refractivity contribution in [3.05, 3.63) is 81.5 Å². The molecule has 3 aromatic rings. The molecule has 2 heterocycles. The van der Waals surface area contributed by atoms with Gasteiger partial charge in [-0.2, -0.15) is 0 Å². The molecule has 1 aliphatic rings. The molecule has 188 valence electrons. The van der Waals surface area contributed by atoms with Gasteiger partial charge in [-0.15, -0.1) is 0 Å². The number of aryl methyl sites for hydroxylation is 1. The van der Waals surface area contributed by atoms with Crippen LogP contribution in [0.15, 0.2) is 54.1 Å². The predicted octanol–water partition coefficient (Wildman–Crippen LogP) is 6.51. The number of amides is 1. The highest BCUT2D eigenvalue weighted by Crippen LogP contribution is 2.43. The highest BCUT2D eigenvalue weighted by Gasteiger charge is 2.36. The number of aromatic carboxylic acids is 1. The predicted molar refractivity (Wildman–Crippen MR) is 145 cm³/mol. The molecule has 0 saturated carbocycles. The maximum atomic E-state index is 14.1. The number of anilines is 1. The van der Waals surface area contributed by atoms with Gasteiger partial charge in [0.2, 0.25) is 0 Å². The zero-order chi connectivity index (χ0) is 26.3. The lowest BCUT2D eigenvalue weighted by Crippen LogP contribution is -2.42. The Morgan fingerprint density at radius 3 is 2.53 bits per heavy atom. The van der Waals surface area contributed by atoms with Crippen LogP contribution in [0, 0.1) is 0 Å². The maximum absolute atomic E-state index is 14.1. The first-order chi connectivity index (χ1) is 17.1. The van der Waals surface area contributed by atoms with E-state index in [1.807, 2.05) is 39.8 Å². The van der Waals surface area contributed by atoms with Crippen molar-refractivity contribution in [1.82, 2.24) is 4.57 Å². The van der Waals surface area contributed by atoms with Gasteiger partial charge < -0.3 is 19.7 Å². The summed E-state index contributed by atoms with van der Waals surface area (Å²) in [7, 11) is 0. The largest absolute Gasteiger partial charge is 0.478 e. The monoisotopic (exact) mass is 506 g/mol. The van der Waals surface area contributed by atoms with Gasteiger partial charge in [-0.25, -0.2) is 4.79 Å². The highest BCUT2D eigenvalue weighted by molar-refractivity contribution is 6.34. The normalized spacial score (nSPS) is 15.2. The number of aromatic nitrogens is 1. The first-order valence-electron chi connectivity index (χ1n) is 12.0. The highest BCUT2D eigenvalue weighted by atomic mass is 35.5. The van der Waals surface area contributed by atoms with E-state index in [-0.39, 0.29) is 24.1 Å². The molecule has 1 aromatic heterocycles. The number of allylic oxidation sites excluding steroid dienone is 3. The summed E-state index contributed by atoms with van der Waals surface area (Å²) in [6.45, 7) is 12.6. The third kappa shape index (κ3) is 4.25. The number of aliphatic hydroxyl groups is 1. The molecule has 2 aromatic carbocycles. The fourth-order valence-corrected chi connectivity index (χ4v) is 5.59. The second kappa shape index (κ2) is 9.96. The molecule has 0 bridgehead atoms. The molecule has 1 aliphatic heterocycles. The van der Waals surface area contributed by atoms with Crippen molar-refractivity contribution < 1.29 is 19.8 Å². The number of nitrogens with zero attached hydrogens (tertiary/aromatic N) is 2. The Morgan fingerprint density at radius 1 is 1.19 bits per heavy atom. The second-order valence-electron chi connectivity index (χ2n) is 9.62. The second-order valence-corrected chi connectivity index (χ2v) is 10.0. The van der Waals surface area contributed by atoms with Crippen LogP contribution in [0.3, 0.4) is 0 Å². The Hall–Kier alpha value is -3.35. The molecular formula is C29H31ClN2O4. The van der Waals surface area contributed by atoms with Crippen LogP contribution in [-0.2, 0) is 6.42 Å². The van der Waals surface area contributed by atoms with E-state index in [0.29, 0.717) is 35.8 Å². The number of carbonyl (C=O) groups excluding carboxylic acids is 1. The summed E-state index contributed by atoms with van der Waals surface area (Å²) in [5.41, 5.74) is 6.77. The first-order valence-corrected chi connectivity index (χ1v) is 12.4. The lowest BCUT2D eigenvalue weighted by molar-refractivity contribution is 0.0696. The number of carboxylic acid groups (broad SMARTS) is 1. The lowest BCUT2D eigenvalue weighted by atomic mass is 9.93. The number of halogens is 1. The zero-order valence-corrected chi connectivity index (χ0v) is 21.8. The molecule has 7 heteroatoms. The van der Waals surface area contributed by atoms with Crippen molar-refractivity contribution in [1.29, 1.82) is 0 Å². The molecule has 0 aliphatic carbocycles. The van der Waals surface area contributed by atoms with Crippen LogP contribution in [0.25, 0.3) is 16.5 Å². The number of hydrogen-bond donors (Lipinski definition) is 2. The first kappa shape index (κ1) is 25.7. The molecule has 0 fully saturated rings. The van der Waals surface area contributed by atoms with Crippen molar-refractivity contribution in [3.8, 4) is 0 Å². The number of carbonyl (C=O) groups is 2. The Bertz CT molecular complexity index is 1430. The topological polar surface area (TPSA) is 82.8 Å². The van der Waals surface area contributed by atoms with Gasteiger partial charge in [-0.05, 0) is 75.9 Å². The minimum atomic E-state index is -1.04. The van der Waals surface area contributed by atoms with Crippen molar-refractivity contribution in [2.24, 2.45) is 0 Å². The van der Waals surface area contributed by atoms with Crippen LogP contribution < -0.4 is 4.90 Å². The summed E-state index contributed by atoms with van der Waals surface area (Å²) >= 11 is 6.82. The fraction of sp³-hybridized carbons (Fsp3) is 0.310. The Labute approximate surface area is 216 Å². The summed E-state index contributed by atoms with van der Waals surface area (Å²) in [5.74, 6) is -1.24. The molecule has 0 spiro atoms. The summed E-state index contributed by atoms with van der Waals surface area (Å²) in [5, 5.41) is 20.6. The summed E-state index contributed by atoms with van der Waals surface area (Å²) in [6, 6.07) is 10.2. The number of rotatable bonds is 7. The van der Waals surface area contributed by atoms with E-state index < -0.39 is 5.97 Å². The Kier molecular flexibility index (Phi) is 7.12. The smallest absolute Gasteiger partial charge is 0.335 e. The van der Waals surface area contributed by atoms with E-state index in [1.54, 1.807) is 17.0 Å². The van der Waals surface area contributed by atoms with E-state index in [4.69, 9.17) is 11.6 Å². The van der Waals surface area contributed by atoms with Crippen LogP contribution >= 0.6 is 11.6 Å². The van der Waals surface area contributed by atoms with Gasteiger partial charge in [-0.1, -0.05) is 41.5 Å². The Balaban J connectivity index is 2.04. The third-order valence-corrected chi connectivity index (χ3v) is 7.04. The van der Waals surface area contributed by atoms with E-state index in [9.17, 15) is 19.8 Å². The minimum absolute atomic E-state index is 0.00562. The average molecular weight is 507 g/mol. The van der Waals surface area contributed by atoms with Crippen LogP contribution in [0.2, 0.25) is 5.02 Å². The molecule has 0 radical (unpaired) electrons. The molecule has 6 nitrogen and oxygen atoms in total. The quantitative estimate of drug-likeness (QED) is 0.358. The van der Waals surface area contributed by atoms with Gasteiger partial charge >= 0.3 is 5.97 Å². The van der Waals surface area contributed by atoms with Gasteiger partial charge in [0.05, 0.1) is 16.1 Å². The van der Waals surface area contributed by atoms with Gasteiger partial charge in [0.1, 0.15) is 5.69 Å². The number of benzene rings is 2. The van der Waals surface area contributed by atoms with Crippen LogP contribution in [0.5, 0.6) is 0 Å². The van der Waals surface area contributed by atoms with Gasteiger partial charge in [-0.3, -0.25) is 4.79 Å². The molecule has 1 atom stereocenters. The SMILES string of the molecule is C=C(C)C(=C(C)C)c1c(Cl)ccc2c(CCCO)c3n(c12)[C@@H](C)CN(c1cccc(C(=O)O)c1)C3=O. The molecule has 1 amide bonds. The van der Waals surface area contributed by atoms with Crippen LogP contribution in [0.1, 0.15) is 72.1 Å². The van der Waals surface area contributed by atoms with E-state index >= 15 is 0 Å². The van der Waals surface area contributed by atoms with Crippen molar-refractivity contribution in [2.75, 3.05) is 18.1 Å². The minimum Gasteiger partial charge on any atom is -0.478 e. The summed E-state index contributed by atoms with van der Waals surface area (Å²) < 4.78 is 2.08. The van der Waals surface area contributed by atoms with Gasteiger partial charge in [0.25, 0.3) is 5.91 Å². The van der Waals surface area contributed by atoms with E-state index in [0.717, 1.165) is 38.7 Å². The van der Waals surface area contributed by atoms with Crippen molar-refractivity contribution in [3.63, 3.8) is 0 Å². The van der Waals surface area contributed by atoms with Gasteiger partial charge in [0.15, 0.2) is 0 Å². The Morgan fingerprint density at radius 2 is 1.92 bits per heavy atom. The summed E-state index contributed by atoms with van der Waals surface area (Å²) in [6.07, 6.45) is 1.03. The molecule has 4 rings (SSSR count). The maximum Gasteiger partial charge on any atom is 0.335 e. The van der Waals surface area contributed by atoms with Gasteiger partial charge in [0, 0.05) is 35.8 Å². The average Bonchev–Trinajstić information content (AvgIpc) is 3.16. The fourth-order valence-electron chi connectivity index (χ4n) is 5.34. The van der Waals surface area contributed by atoms with E-state index in [1.165, 1.54) is 12.1 Å². The molecular weight excluding hydrogens is 476 g/mol. The van der Waals surface area contributed by atoms with Crippen LogP contribution in [0.4, 0.5) is 5.69 Å². The zero-order valence-electron chi connectivity index (χ0n) is 21.1. The summed E-state index contributed by atoms with van der Waals surface area (Å²) in [4.78, 5) is 27.3. The van der Waals surface area contributed by atoms with E-state index in [2.05, 4.69) is 11.1 Å². The molecule has 36 heavy (non-hydrogen) atoms. The standard InChI is InChI=1S/C29H31ClN2O4/c1-16(2)24(17(3)4)25-23(30)12-11-22-21(10-7-13-33)27-28(34)31(15-18(5)32(27)26(22)25)20-9-6-8-19(14-20)29(35)36/h6,8-9,11-12,14,18,33H,1,7,10,13,15H2,2-5H3,(H,35,36)/t18-/m0/s1. The molecule has 0 unspecified atom stereocenters. The number of aliphatic hydroxyl groups excluding tert-OH is 1.